The molecule has 0 bridgehead atoms. The molecule has 0 spiro atoms. The second kappa shape index (κ2) is 9.80. The lowest BCUT2D eigenvalue weighted by atomic mass is 9.95. The van der Waals surface area contributed by atoms with Crippen LogP contribution < -0.4 is 19.7 Å². The standard InChI is InChI=1S/C22H24N4O5/c1-29-18-10-16(22(28)31-3)17(11-19(18)30-2)25-21(27)15-6-8-26(9-7-15)20-5-4-14(12-23)13-24-20/h4-5,10-11,13,15H,6-9H2,1-3H3,(H,25,27). The van der Waals surface area contributed by atoms with E-state index in [1.807, 2.05) is 6.07 Å². The quantitative estimate of drug-likeness (QED) is 0.704. The van der Waals surface area contributed by atoms with Crippen molar-refractivity contribution < 1.29 is 23.8 Å². The van der Waals surface area contributed by atoms with Crippen LogP contribution in [0, 0.1) is 17.2 Å². The fourth-order valence-electron chi connectivity index (χ4n) is 3.51. The third-order valence-electron chi connectivity index (χ3n) is 5.25. The third-order valence-corrected chi connectivity index (χ3v) is 5.25. The maximum atomic E-state index is 12.9. The number of pyridine rings is 1. The van der Waals surface area contributed by atoms with Gasteiger partial charge in [-0.25, -0.2) is 9.78 Å². The third kappa shape index (κ3) is 4.86. The lowest BCUT2D eigenvalue weighted by Crippen LogP contribution is -2.38. The van der Waals surface area contributed by atoms with Gasteiger partial charge in [0.25, 0.3) is 0 Å². The normalized spacial score (nSPS) is 13.8. The van der Waals surface area contributed by atoms with E-state index in [1.165, 1.54) is 27.4 Å². The number of ether oxygens (including phenoxy) is 3. The first kappa shape index (κ1) is 21.9. The number of nitriles is 1. The number of hydrogen-bond acceptors (Lipinski definition) is 8. The van der Waals surface area contributed by atoms with Gasteiger partial charge in [0.2, 0.25) is 5.91 Å². The largest absolute Gasteiger partial charge is 0.493 e. The summed E-state index contributed by atoms with van der Waals surface area (Å²) in [5.41, 5.74) is 1.01. The fourth-order valence-corrected chi connectivity index (χ4v) is 3.51. The van der Waals surface area contributed by atoms with Crippen molar-refractivity contribution in [2.45, 2.75) is 12.8 Å². The molecule has 1 aliphatic rings. The second-order valence-electron chi connectivity index (χ2n) is 7.01. The Morgan fingerprint density at radius 2 is 1.81 bits per heavy atom. The van der Waals surface area contributed by atoms with Crippen LogP contribution in [0.5, 0.6) is 11.5 Å². The molecule has 0 saturated carbocycles. The molecule has 1 amide bonds. The van der Waals surface area contributed by atoms with Crippen molar-refractivity contribution >= 4 is 23.4 Å². The van der Waals surface area contributed by atoms with Gasteiger partial charge in [0.1, 0.15) is 11.9 Å². The minimum absolute atomic E-state index is 0.176. The van der Waals surface area contributed by atoms with E-state index in [0.717, 1.165) is 5.82 Å². The molecule has 1 aliphatic heterocycles. The Kier molecular flexibility index (Phi) is 6.92. The number of anilines is 2. The minimum atomic E-state index is -0.585. The van der Waals surface area contributed by atoms with Crippen molar-refractivity contribution in [3.05, 3.63) is 41.6 Å². The maximum Gasteiger partial charge on any atom is 0.340 e. The van der Waals surface area contributed by atoms with Gasteiger partial charge in [-0.15, -0.1) is 0 Å². The molecule has 1 N–H and O–H groups in total. The number of rotatable bonds is 6. The highest BCUT2D eigenvalue weighted by molar-refractivity contribution is 6.02. The summed E-state index contributed by atoms with van der Waals surface area (Å²) in [4.78, 5) is 31.5. The Hall–Kier alpha value is -3.80. The van der Waals surface area contributed by atoms with Crippen LogP contribution in [0.25, 0.3) is 0 Å². The molecule has 1 aromatic heterocycles. The zero-order valence-electron chi connectivity index (χ0n) is 17.7. The molecule has 9 nitrogen and oxygen atoms in total. The summed E-state index contributed by atoms with van der Waals surface area (Å²) >= 11 is 0. The van der Waals surface area contributed by atoms with Gasteiger partial charge in [0.05, 0.1) is 38.1 Å². The van der Waals surface area contributed by atoms with Crippen LogP contribution in [0.1, 0.15) is 28.8 Å². The minimum Gasteiger partial charge on any atom is -0.493 e. The Balaban J connectivity index is 1.70. The summed E-state index contributed by atoms with van der Waals surface area (Å²) in [6.45, 7) is 1.32. The number of carbonyl (C=O) groups excluding carboxylic acids is 2. The molecule has 0 unspecified atom stereocenters. The molecule has 0 radical (unpaired) electrons. The average molecular weight is 424 g/mol. The van der Waals surface area contributed by atoms with Crippen molar-refractivity contribution in [1.82, 2.24) is 4.98 Å². The van der Waals surface area contributed by atoms with Gasteiger partial charge in [-0.3, -0.25) is 4.79 Å². The van der Waals surface area contributed by atoms with E-state index in [0.29, 0.717) is 48.7 Å². The second-order valence-corrected chi connectivity index (χ2v) is 7.01. The lowest BCUT2D eigenvalue weighted by Gasteiger charge is -2.32. The van der Waals surface area contributed by atoms with Crippen LogP contribution >= 0.6 is 0 Å². The zero-order chi connectivity index (χ0) is 22.4. The van der Waals surface area contributed by atoms with Crippen LogP contribution in [-0.4, -0.2) is 51.3 Å². The summed E-state index contributed by atoms with van der Waals surface area (Å²) < 4.78 is 15.4. The number of benzene rings is 1. The van der Waals surface area contributed by atoms with Gasteiger partial charge >= 0.3 is 5.97 Å². The Morgan fingerprint density at radius 3 is 2.35 bits per heavy atom. The molecule has 2 aromatic rings. The number of aromatic nitrogens is 1. The first-order valence-electron chi connectivity index (χ1n) is 9.77. The van der Waals surface area contributed by atoms with Crippen LogP contribution in [0.4, 0.5) is 11.5 Å². The highest BCUT2D eigenvalue weighted by atomic mass is 16.5. The van der Waals surface area contributed by atoms with Crippen molar-refractivity contribution in [2.24, 2.45) is 5.92 Å². The number of carbonyl (C=O) groups is 2. The molecule has 1 aromatic carbocycles. The molecule has 0 aliphatic carbocycles. The van der Waals surface area contributed by atoms with Gasteiger partial charge < -0.3 is 24.4 Å². The number of piperidine rings is 1. The predicted octanol–water partition coefficient (Wildman–Crippen LogP) is 2.61. The predicted molar refractivity (Wildman–Crippen MR) is 113 cm³/mol. The number of nitrogens with one attached hydrogen (secondary N) is 1. The van der Waals surface area contributed by atoms with Crippen LogP contribution in [0.15, 0.2) is 30.5 Å². The van der Waals surface area contributed by atoms with Crippen molar-refractivity contribution in [3.63, 3.8) is 0 Å². The van der Waals surface area contributed by atoms with Gasteiger partial charge in [0, 0.05) is 37.3 Å². The summed E-state index contributed by atoms with van der Waals surface area (Å²) in [7, 11) is 4.22. The smallest absolute Gasteiger partial charge is 0.340 e. The van der Waals surface area contributed by atoms with E-state index >= 15 is 0 Å². The SMILES string of the molecule is COC(=O)c1cc(OC)c(OC)cc1NC(=O)C1CCN(c2ccc(C#N)cn2)CC1. The Labute approximate surface area is 180 Å². The molecular formula is C22H24N4O5. The molecule has 162 valence electrons. The molecule has 3 rings (SSSR count). The molecule has 0 atom stereocenters. The molecule has 2 heterocycles. The van der Waals surface area contributed by atoms with Crippen molar-refractivity contribution in [1.29, 1.82) is 5.26 Å². The Morgan fingerprint density at radius 1 is 1.13 bits per heavy atom. The number of esters is 1. The number of hydrogen-bond donors (Lipinski definition) is 1. The van der Waals surface area contributed by atoms with E-state index < -0.39 is 5.97 Å². The van der Waals surface area contributed by atoms with Gasteiger partial charge in [-0.2, -0.15) is 5.26 Å². The summed E-state index contributed by atoms with van der Waals surface area (Å²) in [6.07, 6.45) is 2.81. The van der Waals surface area contributed by atoms with Crippen molar-refractivity contribution in [2.75, 3.05) is 44.6 Å². The summed E-state index contributed by atoms with van der Waals surface area (Å²) in [6, 6.07) is 8.63. The first-order valence-corrected chi connectivity index (χ1v) is 9.77. The highest BCUT2D eigenvalue weighted by Gasteiger charge is 2.27. The first-order chi connectivity index (χ1) is 15.0. The molecular weight excluding hydrogens is 400 g/mol. The van der Waals surface area contributed by atoms with Gasteiger partial charge in [-0.1, -0.05) is 0 Å². The average Bonchev–Trinajstić information content (AvgIpc) is 2.83. The van der Waals surface area contributed by atoms with Crippen LogP contribution in [0.3, 0.4) is 0 Å². The topological polar surface area (TPSA) is 114 Å². The van der Waals surface area contributed by atoms with Crippen LogP contribution in [0.2, 0.25) is 0 Å². The summed E-state index contributed by atoms with van der Waals surface area (Å²) in [5, 5.41) is 11.7. The van der Waals surface area contributed by atoms with E-state index in [-0.39, 0.29) is 17.4 Å². The molecule has 1 fully saturated rings. The fraction of sp³-hybridized carbons (Fsp3) is 0.364. The number of amides is 1. The highest BCUT2D eigenvalue weighted by Crippen LogP contribution is 2.34. The van der Waals surface area contributed by atoms with E-state index in [1.54, 1.807) is 18.3 Å². The number of nitrogens with zero attached hydrogens (tertiary/aromatic N) is 3. The van der Waals surface area contributed by atoms with E-state index in [2.05, 4.69) is 21.3 Å². The number of methoxy groups -OCH3 is 3. The van der Waals surface area contributed by atoms with Gasteiger partial charge in [0.15, 0.2) is 11.5 Å². The van der Waals surface area contributed by atoms with Gasteiger partial charge in [-0.05, 0) is 25.0 Å². The summed E-state index contributed by atoms with van der Waals surface area (Å²) in [5.74, 6) is 0.568. The van der Waals surface area contributed by atoms with Crippen molar-refractivity contribution in [3.8, 4) is 17.6 Å². The zero-order valence-corrected chi connectivity index (χ0v) is 17.7. The monoisotopic (exact) mass is 424 g/mol. The molecule has 1 saturated heterocycles. The molecule has 31 heavy (non-hydrogen) atoms. The Bertz CT molecular complexity index is 992. The lowest BCUT2D eigenvalue weighted by molar-refractivity contribution is -0.120. The maximum absolute atomic E-state index is 12.9. The van der Waals surface area contributed by atoms with Crippen LogP contribution in [-0.2, 0) is 9.53 Å². The molecule has 9 heteroatoms. The van der Waals surface area contributed by atoms with E-state index in [4.69, 9.17) is 19.5 Å². The van der Waals surface area contributed by atoms with E-state index in [9.17, 15) is 9.59 Å².